The highest BCUT2D eigenvalue weighted by Gasteiger charge is 2.50. The molecule has 10 heteroatoms. The quantitative estimate of drug-likeness (QED) is 0.546. The maximum atomic E-state index is 15.6. The second kappa shape index (κ2) is 8.50. The predicted molar refractivity (Wildman–Crippen MR) is 131 cm³/mol. The first-order valence-corrected chi connectivity index (χ1v) is 12.9. The number of hydrogen-bond acceptors (Lipinski definition) is 9. The molecule has 2 aromatic heterocycles. The number of nitrogens with one attached hydrogen (secondary N) is 1. The monoisotopic (exact) mass is 491 g/mol. The van der Waals surface area contributed by atoms with Gasteiger partial charge in [0.25, 0.3) is 0 Å². The topological polar surface area (TPSA) is 111 Å². The van der Waals surface area contributed by atoms with E-state index in [1.807, 2.05) is 12.1 Å². The molecule has 2 bridgehead atoms. The molecule has 4 heterocycles. The second-order valence-corrected chi connectivity index (χ2v) is 10.9. The van der Waals surface area contributed by atoms with E-state index in [4.69, 9.17) is 5.26 Å². The SMILES string of the molecule is C[C@]12CCC[C@H](N1)[C@H](F)[C@H](N(c1ncc(-c3ccc(-c4csc(C#N)n4)cc3O)nn1)C1CC1)C2. The Bertz CT molecular complexity index is 1290. The summed E-state index contributed by atoms with van der Waals surface area (Å²) in [5.41, 5.74) is 2.22. The van der Waals surface area contributed by atoms with Crippen molar-refractivity contribution in [3.8, 4) is 34.3 Å². The lowest BCUT2D eigenvalue weighted by Gasteiger charge is -2.52. The van der Waals surface area contributed by atoms with Crippen LogP contribution in [0.2, 0.25) is 0 Å². The number of alkyl halides is 1. The molecule has 1 aromatic carbocycles. The number of aromatic hydroxyl groups is 1. The van der Waals surface area contributed by atoms with Crippen LogP contribution in [0.4, 0.5) is 10.3 Å². The number of halogens is 1. The number of nitriles is 1. The molecule has 180 valence electrons. The summed E-state index contributed by atoms with van der Waals surface area (Å²) >= 11 is 1.26. The van der Waals surface area contributed by atoms with Crippen molar-refractivity contribution in [2.75, 3.05) is 4.90 Å². The Hall–Kier alpha value is -3.16. The number of phenolic OH excluding ortho intramolecular Hbond substituents is 1. The number of aromatic nitrogens is 4. The summed E-state index contributed by atoms with van der Waals surface area (Å²) in [5.74, 6) is 0.481. The Labute approximate surface area is 206 Å². The molecule has 3 aromatic rings. The van der Waals surface area contributed by atoms with Crippen LogP contribution < -0.4 is 10.2 Å². The molecule has 8 nitrogen and oxygen atoms in total. The number of phenols is 1. The Morgan fingerprint density at radius 2 is 2.11 bits per heavy atom. The number of piperidine rings is 2. The Morgan fingerprint density at radius 3 is 2.80 bits per heavy atom. The molecule has 0 radical (unpaired) electrons. The Kier molecular flexibility index (Phi) is 5.42. The van der Waals surface area contributed by atoms with Crippen LogP contribution in [-0.4, -0.2) is 55.1 Å². The molecule has 6 rings (SSSR count). The molecular weight excluding hydrogens is 465 g/mol. The summed E-state index contributed by atoms with van der Waals surface area (Å²) in [4.78, 5) is 10.9. The van der Waals surface area contributed by atoms with E-state index >= 15 is 4.39 Å². The van der Waals surface area contributed by atoms with Gasteiger partial charge in [-0.05, 0) is 57.6 Å². The fraction of sp³-hybridized carbons (Fsp3) is 0.480. The minimum absolute atomic E-state index is 0.0276. The fourth-order valence-corrected chi connectivity index (χ4v) is 6.22. The first kappa shape index (κ1) is 22.3. The van der Waals surface area contributed by atoms with Crippen LogP contribution in [0.3, 0.4) is 0 Å². The van der Waals surface area contributed by atoms with E-state index in [1.165, 1.54) is 11.3 Å². The number of rotatable bonds is 5. The molecule has 2 aliphatic heterocycles. The molecule has 0 unspecified atom stereocenters. The van der Waals surface area contributed by atoms with Crippen LogP contribution in [0, 0.1) is 11.3 Å². The smallest absolute Gasteiger partial charge is 0.245 e. The summed E-state index contributed by atoms with van der Waals surface area (Å²) in [6.45, 7) is 2.20. The number of benzene rings is 1. The second-order valence-electron chi connectivity index (χ2n) is 10.1. The number of thiazole rings is 1. The zero-order chi connectivity index (χ0) is 24.2. The van der Waals surface area contributed by atoms with Gasteiger partial charge in [0.05, 0.1) is 17.9 Å². The van der Waals surface area contributed by atoms with E-state index in [0.717, 1.165) is 38.5 Å². The van der Waals surface area contributed by atoms with E-state index in [2.05, 4.69) is 37.3 Å². The van der Waals surface area contributed by atoms with Crippen molar-refractivity contribution in [3.05, 3.63) is 34.8 Å². The standard InChI is InChI=1S/C25H26FN7OS/c1-25-8-2-3-17(30-25)23(26)20(10-25)33(15-5-6-15)24-28-12-18(31-32-24)16-7-4-14(9-21(16)34)19-13-35-22(11-27)29-19/h4,7,9,12-13,15,17,20,23,30,34H,2-3,5-6,8,10H2,1H3/t17-,20+,23-,25+/m0/s1. The third-order valence-corrected chi connectivity index (χ3v) is 8.18. The molecule has 4 atom stereocenters. The van der Waals surface area contributed by atoms with E-state index in [9.17, 15) is 5.11 Å². The van der Waals surface area contributed by atoms with Crippen LogP contribution in [0.15, 0.2) is 29.8 Å². The number of anilines is 1. The molecule has 3 fully saturated rings. The predicted octanol–water partition coefficient (Wildman–Crippen LogP) is 4.22. The third kappa shape index (κ3) is 4.13. The van der Waals surface area contributed by atoms with Crippen molar-refractivity contribution in [3.63, 3.8) is 0 Å². The Balaban J connectivity index is 1.26. The lowest BCUT2D eigenvalue weighted by Crippen LogP contribution is -2.67. The van der Waals surface area contributed by atoms with E-state index < -0.39 is 6.17 Å². The van der Waals surface area contributed by atoms with Crippen LogP contribution >= 0.6 is 11.3 Å². The van der Waals surface area contributed by atoms with Gasteiger partial charge in [-0.1, -0.05) is 6.07 Å². The van der Waals surface area contributed by atoms with E-state index in [1.54, 1.807) is 23.7 Å². The molecule has 1 aliphatic carbocycles. The van der Waals surface area contributed by atoms with Gasteiger partial charge in [0.15, 0.2) is 5.01 Å². The number of hydrogen-bond donors (Lipinski definition) is 2. The minimum Gasteiger partial charge on any atom is -0.507 e. The van der Waals surface area contributed by atoms with Crippen molar-refractivity contribution < 1.29 is 9.50 Å². The molecule has 2 saturated heterocycles. The van der Waals surface area contributed by atoms with Gasteiger partial charge in [-0.2, -0.15) is 5.26 Å². The molecule has 2 N–H and O–H groups in total. The zero-order valence-corrected chi connectivity index (χ0v) is 20.2. The first-order valence-electron chi connectivity index (χ1n) is 12.0. The normalized spacial score (nSPS) is 27.9. The third-order valence-electron chi connectivity index (χ3n) is 7.44. The minimum atomic E-state index is -0.976. The van der Waals surface area contributed by atoms with Crippen molar-refractivity contribution in [1.82, 2.24) is 25.5 Å². The summed E-state index contributed by atoms with van der Waals surface area (Å²) < 4.78 is 15.6. The molecule has 3 aliphatic rings. The van der Waals surface area contributed by atoms with E-state index in [-0.39, 0.29) is 29.4 Å². The van der Waals surface area contributed by atoms with Crippen molar-refractivity contribution in [2.45, 2.75) is 75.3 Å². The van der Waals surface area contributed by atoms with E-state index in [0.29, 0.717) is 33.5 Å². The van der Waals surface area contributed by atoms with Crippen molar-refractivity contribution in [1.29, 1.82) is 5.26 Å². The van der Waals surface area contributed by atoms with Gasteiger partial charge < -0.3 is 15.3 Å². The van der Waals surface area contributed by atoms with Gasteiger partial charge in [-0.15, -0.1) is 21.5 Å². The Morgan fingerprint density at radius 1 is 1.26 bits per heavy atom. The van der Waals surface area contributed by atoms with Crippen LogP contribution in [0.25, 0.3) is 22.5 Å². The van der Waals surface area contributed by atoms with Gasteiger partial charge in [0.1, 0.15) is 23.7 Å². The van der Waals surface area contributed by atoms with Crippen molar-refractivity contribution >= 4 is 17.3 Å². The van der Waals surface area contributed by atoms with Gasteiger partial charge in [-0.25, -0.2) is 14.4 Å². The summed E-state index contributed by atoms with van der Waals surface area (Å²) in [6.07, 6.45) is 6.33. The fourth-order valence-electron chi connectivity index (χ4n) is 5.61. The van der Waals surface area contributed by atoms with Gasteiger partial charge >= 0.3 is 0 Å². The zero-order valence-electron chi connectivity index (χ0n) is 19.4. The van der Waals surface area contributed by atoms with Gasteiger partial charge in [0.2, 0.25) is 5.95 Å². The van der Waals surface area contributed by atoms with Crippen LogP contribution in [0.5, 0.6) is 5.75 Å². The molecule has 0 spiro atoms. The number of fused-ring (bicyclic) bond motifs is 2. The maximum absolute atomic E-state index is 15.6. The van der Waals surface area contributed by atoms with Crippen molar-refractivity contribution in [2.24, 2.45) is 0 Å². The van der Waals surface area contributed by atoms with Crippen LogP contribution in [-0.2, 0) is 0 Å². The average molecular weight is 492 g/mol. The largest absolute Gasteiger partial charge is 0.507 e. The van der Waals surface area contributed by atoms with Crippen LogP contribution in [0.1, 0.15) is 50.5 Å². The summed E-state index contributed by atoms with van der Waals surface area (Å²) in [6, 6.07) is 7.03. The summed E-state index contributed by atoms with van der Waals surface area (Å²) in [7, 11) is 0. The van der Waals surface area contributed by atoms with Gasteiger partial charge in [0, 0.05) is 34.1 Å². The molecule has 35 heavy (non-hydrogen) atoms. The lowest BCUT2D eigenvalue weighted by molar-refractivity contribution is 0.0582. The summed E-state index contributed by atoms with van der Waals surface area (Å²) in [5, 5.41) is 34.1. The highest BCUT2D eigenvalue weighted by molar-refractivity contribution is 7.10. The molecular formula is C25H26FN7OS. The number of nitrogens with zero attached hydrogens (tertiary/aromatic N) is 6. The molecule has 1 saturated carbocycles. The average Bonchev–Trinajstić information content (AvgIpc) is 3.57. The van der Waals surface area contributed by atoms with Gasteiger partial charge in [-0.3, -0.25) is 0 Å². The molecule has 0 amide bonds. The highest BCUT2D eigenvalue weighted by Crippen LogP contribution is 2.42. The maximum Gasteiger partial charge on any atom is 0.245 e. The highest BCUT2D eigenvalue weighted by atomic mass is 32.1. The first-order chi connectivity index (χ1) is 16.9. The lowest BCUT2D eigenvalue weighted by atomic mass is 9.74.